The molecule has 0 unspecified atom stereocenters. The van der Waals surface area contributed by atoms with Gasteiger partial charge in [0.1, 0.15) is 36.6 Å². The van der Waals surface area contributed by atoms with Crippen molar-refractivity contribution in [2.45, 2.75) is 64.4 Å². The molecule has 0 aliphatic carbocycles. The normalized spacial score (nSPS) is 13.3. The van der Waals surface area contributed by atoms with Gasteiger partial charge in [0.05, 0.1) is 18.4 Å². The van der Waals surface area contributed by atoms with Crippen LogP contribution in [0.4, 0.5) is 10.6 Å². The quantitative estimate of drug-likeness (QED) is 0.127. The lowest BCUT2D eigenvalue weighted by Gasteiger charge is -2.35. The van der Waals surface area contributed by atoms with E-state index in [2.05, 4.69) is 20.9 Å². The van der Waals surface area contributed by atoms with Crippen molar-refractivity contribution >= 4 is 58.4 Å². The third-order valence-corrected chi connectivity index (χ3v) is 7.17. The molecule has 3 rings (SSSR count). The van der Waals surface area contributed by atoms with Crippen LogP contribution in [0.3, 0.4) is 0 Å². The molecule has 260 valence electrons. The number of carboxylic acid groups (broad SMARTS) is 3. The van der Waals surface area contributed by atoms with Crippen LogP contribution < -0.4 is 20.9 Å². The van der Waals surface area contributed by atoms with Crippen LogP contribution in [0.1, 0.15) is 39.2 Å². The number of aliphatic carboxylic acids is 3. The van der Waals surface area contributed by atoms with E-state index in [1.807, 2.05) is 0 Å². The van der Waals surface area contributed by atoms with Crippen LogP contribution in [0.15, 0.2) is 66.7 Å². The molecule has 0 aliphatic heterocycles. The molecule has 0 saturated carbocycles. The third kappa shape index (κ3) is 10.7. The van der Waals surface area contributed by atoms with Gasteiger partial charge in [-0.25, -0.2) is 14.6 Å². The van der Waals surface area contributed by atoms with Crippen molar-refractivity contribution in [2.24, 2.45) is 5.92 Å². The van der Waals surface area contributed by atoms with E-state index in [1.165, 1.54) is 13.0 Å². The zero-order valence-corrected chi connectivity index (χ0v) is 26.9. The number of aromatic nitrogens is 1. The monoisotopic (exact) mass is 679 g/mol. The van der Waals surface area contributed by atoms with Crippen molar-refractivity contribution in [3.63, 3.8) is 0 Å². The van der Waals surface area contributed by atoms with E-state index in [4.69, 9.17) is 9.84 Å². The molecular weight excluding hydrogens is 642 g/mol. The minimum Gasteiger partial charge on any atom is -0.481 e. The maximum atomic E-state index is 14.1. The predicted octanol–water partition coefficient (Wildman–Crippen LogP) is 1.91. The standard InChI is InChI=1S/C33H37N5O11/c1-18(2)28(30(44)36-24(32(46)47)16-27(41)42)38(25-14-13-21-11-7-8-12-22(21)35-25)31(45)19(3)34-29(43)23(15-26(39)40)37-33(48)49-17-20-9-5-4-6-10-20/h4-14,18-19,23-24,28H,15-17H2,1-3H3,(H,34,43)(H,36,44)(H,37,48)(H,39,40)(H,41,42)(H,46,47)/t19-,23-,24-,28-/m0/s1. The Balaban J connectivity index is 1.92. The first kappa shape index (κ1) is 37.4. The molecule has 1 heterocycles. The number of benzene rings is 2. The Kier molecular flexibility index (Phi) is 13.1. The van der Waals surface area contributed by atoms with Gasteiger partial charge in [0, 0.05) is 5.39 Å². The van der Waals surface area contributed by atoms with Gasteiger partial charge in [-0.1, -0.05) is 62.4 Å². The fourth-order valence-electron chi connectivity index (χ4n) is 4.81. The number of fused-ring (bicyclic) bond motifs is 1. The molecule has 0 spiro atoms. The van der Waals surface area contributed by atoms with Crippen molar-refractivity contribution in [3.05, 3.63) is 72.3 Å². The summed E-state index contributed by atoms with van der Waals surface area (Å²) in [6.45, 7) is 4.23. The maximum absolute atomic E-state index is 14.1. The highest BCUT2D eigenvalue weighted by molar-refractivity contribution is 6.05. The van der Waals surface area contributed by atoms with Crippen molar-refractivity contribution in [1.82, 2.24) is 20.9 Å². The van der Waals surface area contributed by atoms with Gasteiger partial charge < -0.3 is 36.0 Å². The first-order chi connectivity index (χ1) is 23.2. The highest BCUT2D eigenvalue weighted by atomic mass is 16.5. The summed E-state index contributed by atoms with van der Waals surface area (Å²) in [5, 5.41) is 35.5. The summed E-state index contributed by atoms with van der Waals surface area (Å²) in [6.07, 6.45) is -2.89. The van der Waals surface area contributed by atoms with E-state index >= 15 is 0 Å². The summed E-state index contributed by atoms with van der Waals surface area (Å²) in [5.74, 6) is -8.25. The Morgan fingerprint density at radius 3 is 1.96 bits per heavy atom. The number of carbonyl (C=O) groups is 7. The van der Waals surface area contributed by atoms with Crippen LogP contribution in [-0.4, -0.2) is 86.2 Å². The highest BCUT2D eigenvalue weighted by Crippen LogP contribution is 2.24. The van der Waals surface area contributed by atoms with Gasteiger partial charge in [0.2, 0.25) is 11.8 Å². The van der Waals surface area contributed by atoms with Crippen LogP contribution in [0.2, 0.25) is 0 Å². The molecule has 3 aromatic rings. The summed E-state index contributed by atoms with van der Waals surface area (Å²) in [5.41, 5.74) is 1.08. The van der Waals surface area contributed by atoms with Crippen LogP contribution in [-0.2, 0) is 40.1 Å². The number of amides is 4. The Morgan fingerprint density at radius 2 is 1.35 bits per heavy atom. The number of rotatable bonds is 16. The number of hydrogen-bond donors (Lipinski definition) is 6. The maximum Gasteiger partial charge on any atom is 0.408 e. The Labute approximate surface area is 280 Å². The SMILES string of the molecule is CC(C)[C@@H](C(=O)N[C@@H](CC(=O)O)C(=O)O)N(C(=O)[C@H](C)NC(=O)[C@H](CC(=O)O)NC(=O)OCc1ccccc1)c1ccc2ccccc2n1. The van der Waals surface area contributed by atoms with E-state index in [1.54, 1.807) is 74.5 Å². The molecule has 1 aromatic heterocycles. The van der Waals surface area contributed by atoms with Crippen molar-refractivity contribution in [3.8, 4) is 0 Å². The zero-order chi connectivity index (χ0) is 36.2. The molecule has 4 amide bonds. The molecular formula is C33H37N5O11. The van der Waals surface area contributed by atoms with Crippen LogP contribution in [0.5, 0.6) is 0 Å². The molecule has 0 saturated heterocycles. The van der Waals surface area contributed by atoms with Crippen molar-refractivity contribution in [1.29, 1.82) is 0 Å². The molecule has 0 radical (unpaired) electrons. The first-order valence-corrected chi connectivity index (χ1v) is 15.1. The minimum atomic E-state index is -1.82. The number of ether oxygens (including phenoxy) is 1. The topological polar surface area (TPSA) is 242 Å². The number of carboxylic acids is 3. The summed E-state index contributed by atoms with van der Waals surface area (Å²) >= 11 is 0. The van der Waals surface area contributed by atoms with E-state index in [9.17, 15) is 43.8 Å². The number of nitrogens with zero attached hydrogens (tertiary/aromatic N) is 2. The van der Waals surface area contributed by atoms with E-state index in [0.29, 0.717) is 16.5 Å². The fraction of sp³-hybridized carbons (Fsp3) is 0.333. The zero-order valence-electron chi connectivity index (χ0n) is 26.9. The predicted molar refractivity (Wildman–Crippen MR) is 173 cm³/mol. The average Bonchev–Trinajstić information content (AvgIpc) is 3.04. The molecule has 0 fully saturated rings. The second kappa shape index (κ2) is 17.2. The van der Waals surface area contributed by atoms with Crippen LogP contribution >= 0.6 is 0 Å². The summed E-state index contributed by atoms with van der Waals surface area (Å²) in [4.78, 5) is 93.5. The van der Waals surface area contributed by atoms with Gasteiger partial charge in [-0.05, 0) is 36.6 Å². The van der Waals surface area contributed by atoms with Gasteiger partial charge >= 0.3 is 24.0 Å². The van der Waals surface area contributed by atoms with Crippen LogP contribution in [0.25, 0.3) is 10.9 Å². The molecule has 0 aliphatic rings. The number of alkyl carbamates (subject to hydrolysis) is 1. The second-order valence-electron chi connectivity index (χ2n) is 11.3. The second-order valence-corrected chi connectivity index (χ2v) is 11.3. The summed E-state index contributed by atoms with van der Waals surface area (Å²) < 4.78 is 5.10. The van der Waals surface area contributed by atoms with Gasteiger partial charge in [-0.2, -0.15) is 0 Å². The van der Waals surface area contributed by atoms with Gasteiger partial charge in [0.15, 0.2) is 0 Å². The lowest BCUT2D eigenvalue weighted by molar-refractivity contribution is -0.147. The lowest BCUT2D eigenvalue weighted by atomic mass is 9.99. The van der Waals surface area contributed by atoms with Gasteiger partial charge in [-0.3, -0.25) is 28.9 Å². The molecule has 49 heavy (non-hydrogen) atoms. The molecule has 4 atom stereocenters. The number of nitrogens with one attached hydrogen (secondary N) is 3. The Morgan fingerprint density at radius 1 is 0.735 bits per heavy atom. The molecule has 16 nitrogen and oxygen atoms in total. The Hall–Kier alpha value is -6.06. The molecule has 16 heteroatoms. The van der Waals surface area contributed by atoms with Crippen molar-refractivity contribution < 1.29 is 53.6 Å². The van der Waals surface area contributed by atoms with E-state index in [-0.39, 0.29) is 12.4 Å². The average molecular weight is 680 g/mol. The van der Waals surface area contributed by atoms with Crippen molar-refractivity contribution in [2.75, 3.05) is 4.90 Å². The first-order valence-electron chi connectivity index (χ1n) is 15.1. The van der Waals surface area contributed by atoms with E-state index < -0.39 is 84.6 Å². The number of hydrogen-bond acceptors (Lipinski definition) is 9. The highest BCUT2D eigenvalue weighted by Gasteiger charge is 2.39. The van der Waals surface area contributed by atoms with Crippen LogP contribution in [0, 0.1) is 5.92 Å². The fourth-order valence-corrected chi connectivity index (χ4v) is 4.81. The van der Waals surface area contributed by atoms with Gasteiger partial charge in [0.25, 0.3) is 5.91 Å². The summed E-state index contributed by atoms with van der Waals surface area (Å²) in [6, 6.07) is 12.1. The number of carbonyl (C=O) groups excluding carboxylic acids is 4. The van der Waals surface area contributed by atoms with Gasteiger partial charge in [-0.15, -0.1) is 0 Å². The molecule has 6 N–H and O–H groups in total. The number of para-hydroxylation sites is 1. The summed E-state index contributed by atoms with van der Waals surface area (Å²) in [7, 11) is 0. The van der Waals surface area contributed by atoms with E-state index in [0.717, 1.165) is 4.90 Å². The largest absolute Gasteiger partial charge is 0.481 e. The molecule has 0 bridgehead atoms. The lowest BCUT2D eigenvalue weighted by Crippen LogP contribution is -2.60. The smallest absolute Gasteiger partial charge is 0.408 e. The minimum absolute atomic E-state index is 0.0477. The number of pyridine rings is 1. The third-order valence-electron chi connectivity index (χ3n) is 7.17. The number of anilines is 1. The molecule has 2 aromatic carbocycles. The Bertz CT molecular complexity index is 1700.